The first-order valence-corrected chi connectivity index (χ1v) is 7.79. The van der Waals surface area contributed by atoms with Crippen LogP contribution in [-0.2, 0) is 14.4 Å². The first-order valence-electron chi connectivity index (χ1n) is 7.79. The number of carbonyl (C=O) groups is 4. The fourth-order valence-corrected chi connectivity index (χ4v) is 2.25. The number of carbonyl (C=O) groups excluding carboxylic acids is 4. The molecule has 7 heteroatoms. The van der Waals surface area contributed by atoms with Crippen LogP contribution in [-0.4, -0.2) is 43.1 Å². The summed E-state index contributed by atoms with van der Waals surface area (Å²) in [5.74, 6) is -1.34. The smallest absolute Gasteiger partial charge is 0.251 e. The highest BCUT2D eigenvalue weighted by Crippen LogP contribution is 2.15. The van der Waals surface area contributed by atoms with E-state index in [0.29, 0.717) is 11.8 Å². The van der Waals surface area contributed by atoms with E-state index < -0.39 is 17.9 Å². The van der Waals surface area contributed by atoms with Crippen LogP contribution in [0.1, 0.15) is 17.3 Å². The fraction of sp³-hybridized carbons (Fsp3) is 0.222. The van der Waals surface area contributed by atoms with E-state index in [9.17, 15) is 19.2 Å². The van der Waals surface area contributed by atoms with E-state index in [-0.39, 0.29) is 19.0 Å². The Morgan fingerprint density at radius 1 is 1.04 bits per heavy atom. The summed E-state index contributed by atoms with van der Waals surface area (Å²) >= 11 is 0. The van der Waals surface area contributed by atoms with Crippen molar-refractivity contribution in [2.75, 3.05) is 13.1 Å². The van der Waals surface area contributed by atoms with E-state index in [1.807, 2.05) is 30.3 Å². The Morgan fingerprint density at radius 3 is 2.48 bits per heavy atom. The molecular formula is C18H19N3O4. The van der Waals surface area contributed by atoms with Crippen LogP contribution in [0.25, 0.3) is 10.8 Å². The van der Waals surface area contributed by atoms with Gasteiger partial charge in [0.05, 0.1) is 13.1 Å². The SMILES string of the molecule is CC(NC(=O)CNC(=O)c1ccc2ccccc2c1)C(=O)NCC=O. The number of fused-ring (bicyclic) bond motifs is 1. The number of nitrogens with one attached hydrogen (secondary N) is 3. The second-order valence-corrected chi connectivity index (χ2v) is 5.45. The quantitative estimate of drug-likeness (QED) is 0.634. The molecule has 0 aliphatic carbocycles. The minimum absolute atomic E-state index is 0.113. The Kier molecular flexibility index (Phi) is 6.22. The van der Waals surface area contributed by atoms with Crippen LogP contribution in [0.15, 0.2) is 42.5 Å². The number of aldehydes is 1. The Labute approximate surface area is 144 Å². The van der Waals surface area contributed by atoms with Crippen molar-refractivity contribution >= 4 is 34.8 Å². The van der Waals surface area contributed by atoms with Crippen LogP contribution in [0.3, 0.4) is 0 Å². The Morgan fingerprint density at radius 2 is 1.76 bits per heavy atom. The first-order chi connectivity index (χ1) is 12.0. The molecular weight excluding hydrogens is 322 g/mol. The largest absolute Gasteiger partial charge is 0.348 e. The van der Waals surface area contributed by atoms with Crippen molar-refractivity contribution in [1.82, 2.24) is 16.0 Å². The van der Waals surface area contributed by atoms with Crippen molar-refractivity contribution in [3.63, 3.8) is 0 Å². The number of benzene rings is 2. The molecule has 25 heavy (non-hydrogen) atoms. The molecule has 0 saturated heterocycles. The third kappa shape index (κ3) is 5.13. The molecule has 0 aliphatic heterocycles. The fourth-order valence-electron chi connectivity index (χ4n) is 2.25. The summed E-state index contributed by atoms with van der Waals surface area (Å²) in [6, 6.07) is 12.1. The lowest BCUT2D eigenvalue weighted by molar-refractivity contribution is -0.128. The summed E-state index contributed by atoms with van der Waals surface area (Å²) in [6.45, 7) is 1.12. The summed E-state index contributed by atoms with van der Waals surface area (Å²) in [5, 5.41) is 9.24. The third-order valence-electron chi connectivity index (χ3n) is 3.55. The summed E-state index contributed by atoms with van der Waals surface area (Å²) in [7, 11) is 0. The van der Waals surface area contributed by atoms with Crippen LogP contribution in [0.2, 0.25) is 0 Å². The summed E-state index contributed by atoms with van der Waals surface area (Å²) in [6.07, 6.45) is 0.552. The summed E-state index contributed by atoms with van der Waals surface area (Å²) in [5.41, 5.74) is 0.447. The van der Waals surface area contributed by atoms with Gasteiger partial charge in [-0.3, -0.25) is 14.4 Å². The number of amides is 3. The van der Waals surface area contributed by atoms with E-state index in [1.165, 1.54) is 6.92 Å². The lowest BCUT2D eigenvalue weighted by Crippen LogP contribution is -2.48. The number of rotatable bonds is 7. The van der Waals surface area contributed by atoms with Gasteiger partial charge in [0.15, 0.2) is 0 Å². The van der Waals surface area contributed by atoms with Crippen LogP contribution in [0.5, 0.6) is 0 Å². The Bertz CT molecular complexity index is 804. The summed E-state index contributed by atoms with van der Waals surface area (Å²) < 4.78 is 0. The predicted molar refractivity (Wildman–Crippen MR) is 93.0 cm³/mol. The maximum absolute atomic E-state index is 12.1. The molecule has 0 aliphatic rings. The van der Waals surface area contributed by atoms with Gasteiger partial charge in [-0.1, -0.05) is 30.3 Å². The maximum atomic E-state index is 12.1. The minimum Gasteiger partial charge on any atom is -0.348 e. The second kappa shape index (κ2) is 8.58. The molecule has 1 unspecified atom stereocenters. The van der Waals surface area contributed by atoms with E-state index in [0.717, 1.165) is 10.8 Å². The van der Waals surface area contributed by atoms with Gasteiger partial charge >= 0.3 is 0 Å². The molecule has 0 radical (unpaired) electrons. The van der Waals surface area contributed by atoms with E-state index >= 15 is 0 Å². The van der Waals surface area contributed by atoms with Gasteiger partial charge in [-0.15, -0.1) is 0 Å². The molecule has 130 valence electrons. The van der Waals surface area contributed by atoms with Crippen molar-refractivity contribution in [3.8, 4) is 0 Å². The zero-order valence-corrected chi connectivity index (χ0v) is 13.7. The average Bonchev–Trinajstić information content (AvgIpc) is 2.63. The van der Waals surface area contributed by atoms with Crippen molar-refractivity contribution in [1.29, 1.82) is 0 Å². The van der Waals surface area contributed by atoms with Gasteiger partial charge in [0, 0.05) is 5.56 Å². The lowest BCUT2D eigenvalue weighted by Gasteiger charge is -2.13. The van der Waals surface area contributed by atoms with E-state index in [1.54, 1.807) is 12.1 Å². The molecule has 0 aromatic heterocycles. The molecule has 0 fully saturated rings. The molecule has 2 aromatic rings. The van der Waals surface area contributed by atoms with Crippen molar-refractivity contribution in [2.45, 2.75) is 13.0 Å². The monoisotopic (exact) mass is 341 g/mol. The molecule has 3 N–H and O–H groups in total. The number of hydrogen-bond donors (Lipinski definition) is 3. The maximum Gasteiger partial charge on any atom is 0.251 e. The van der Waals surface area contributed by atoms with Gasteiger partial charge in [-0.2, -0.15) is 0 Å². The first kappa shape index (κ1) is 18.1. The molecule has 2 rings (SSSR count). The normalized spacial score (nSPS) is 11.4. The molecule has 0 bridgehead atoms. The van der Waals surface area contributed by atoms with E-state index in [2.05, 4.69) is 16.0 Å². The predicted octanol–water partition coefficient (Wildman–Crippen LogP) is 0.389. The van der Waals surface area contributed by atoms with Gasteiger partial charge in [0.1, 0.15) is 12.3 Å². The highest BCUT2D eigenvalue weighted by molar-refractivity contribution is 6.00. The standard InChI is InChI=1S/C18H19N3O4/c1-12(17(24)19-8-9-22)21-16(23)11-20-18(25)15-7-6-13-4-2-3-5-14(13)10-15/h2-7,9-10,12H,8,11H2,1H3,(H,19,24)(H,20,25)(H,21,23). The highest BCUT2D eigenvalue weighted by atomic mass is 16.2. The van der Waals surface area contributed by atoms with Gasteiger partial charge in [0.25, 0.3) is 5.91 Å². The number of hydrogen-bond acceptors (Lipinski definition) is 4. The van der Waals surface area contributed by atoms with Crippen molar-refractivity contribution in [2.24, 2.45) is 0 Å². The van der Waals surface area contributed by atoms with Gasteiger partial charge in [-0.05, 0) is 29.8 Å². The Hall–Kier alpha value is -3.22. The molecule has 0 spiro atoms. The average molecular weight is 341 g/mol. The zero-order valence-electron chi connectivity index (χ0n) is 13.7. The zero-order chi connectivity index (χ0) is 18.2. The minimum atomic E-state index is -0.801. The van der Waals surface area contributed by atoms with Gasteiger partial charge in [0.2, 0.25) is 11.8 Å². The highest BCUT2D eigenvalue weighted by Gasteiger charge is 2.15. The molecule has 0 saturated carbocycles. The third-order valence-corrected chi connectivity index (χ3v) is 3.55. The van der Waals surface area contributed by atoms with Crippen LogP contribution >= 0.6 is 0 Å². The van der Waals surface area contributed by atoms with Gasteiger partial charge < -0.3 is 20.7 Å². The van der Waals surface area contributed by atoms with Crippen molar-refractivity contribution in [3.05, 3.63) is 48.0 Å². The van der Waals surface area contributed by atoms with Gasteiger partial charge in [-0.25, -0.2) is 0 Å². The molecule has 0 heterocycles. The second-order valence-electron chi connectivity index (χ2n) is 5.45. The Balaban J connectivity index is 1.86. The van der Waals surface area contributed by atoms with E-state index in [4.69, 9.17) is 0 Å². The van der Waals surface area contributed by atoms with Crippen LogP contribution in [0.4, 0.5) is 0 Å². The van der Waals surface area contributed by atoms with Crippen LogP contribution in [0, 0.1) is 0 Å². The van der Waals surface area contributed by atoms with Crippen molar-refractivity contribution < 1.29 is 19.2 Å². The topological polar surface area (TPSA) is 104 Å². The molecule has 3 amide bonds. The summed E-state index contributed by atoms with van der Waals surface area (Å²) in [4.78, 5) is 45.7. The lowest BCUT2D eigenvalue weighted by atomic mass is 10.1. The molecule has 1 atom stereocenters. The van der Waals surface area contributed by atoms with Crippen LogP contribution < -0.4 is 16.0 Å². The molecule has 7 nitrogen and oxygen atoms in total. The molecule has 2 aromatic carbocycles.